The zero-order chi connectivity index (χ0) is 13.9. The van der Waals surface area contributed by atoms with Crippen LogP contribution in [0.1, 0.15) is 30.1 Å². The van der Waals surface area contributed by atoms with E-state index in [1.54, 1.807) is 0 Å². The van der Waals surface area contributed by atoms with Gasteiger partial charge in [0.2, 0.25) is 0 Å². The molecule has 0 bridgehead atoms. The number of benzene rings is 1. The van der Waals surface area contributed by atoms with E-state index in [0.29, 0.717) is 12.1 Å². The highest BCUT2D eigenvalue weighted by atomic mass is 35.5. The Morgan fingerprint density at radius 2 is 2.16 bits per heavy atom. The minimum absolute atomic E-state index is 0.0295. The molecule has 0 radical (unpaired) electrons. The van der Waals surface area contributed by atoms with Crippen molar-refractivity contribution in [3.05, 3.63) is 34.6 Å². The van der Waals surface area contributed by atoms with Gasteiger partial charge in [0, 0.05) is 12.1 Å². The molecule has 1 aromatic carbocycles. The van der Waals surface area contributed by atoms with Gasteiger partial charge in [-0.25, -0.2) is 4.39 Å². The van der Waals surface area contributed by atoms with Crippen molar-refractivity contribution in [1.82, 2.24) is 10.6 Å². The Hall–Kier alpha value is -1.13. The van der Waals surface area contributed by atoms with Crippen molar-refractivity contribution in [2.45, 2.75) is 19.8 Å². The van der Waals surface area contributed by atoms with Crippen molar-refractivity contribution in [3.63, 3.8) is 0 Å². The Bertz CT molecular complexity index is 473. The molecule has 104 valence electrons. The van der Waals surface area contributed by atoms with Gasteiger partial charge in [-0.2, -0.15) is 0 Å². The van der Waals surface area contributed by atoms with Gasteiger partial charge >= 0.3 is 0 Å². The Kier molecular flexibility index (Phi) is 4.42. The SMILES string of the molecule is CC1(CNC(=O)c2ccc(Cl)c(F)c2)CCNCC1. The van der Waals surface area contributed by atoms with Gasteiger partial charge in [-0.3, -0.25) is 4.79 Å². The summed E-state index contributed by atoms with van der Waals surface area (Å²) < 4.78 is 13.3. The van der Waals surface area contributed by atoms with E-state index in [0.717, 1.165) is 25.9 Å². The number of piperidine rings is 1. The lowest BCUT2D eigenvalue weighted by atomic mass is 9.81. The number of hydrogen-bond donors (Lipinski definition) is 2. The normalized spacial score (nSPS) is 18.1. The third-order valence-electron chi connectivity index (χ3n) is 3.67. The van der Waals surface area contributed by atoms with E-state index in [9.17, 15) is 9.18 Å². The second-order valence-electron chi connectivity index (χ2n) is 5.37. The van der Waals surface area contributed by atoms with Gasteiger partial charge < -0.3 is 10.6 Å². The molecular formula is C14H18ClFN2O. The molecule has 1 aliphatic heterocycles. The van der Waals surface area contributed by atoms with Crippen molar-refractivity contribution in [2.75, 3.05) is 19.6 Å². The monoisotopic (exact) mass is 284 g/mol. The Balaban J connectivity index is 1.95. The minimum atomic E-state index is -0.567. The Morgan fingerprint density at radius 3 is 2.79 bits per heavy atom. The number of hydrogen-bond acceptors (Lipinski definition) is 2. The highest BCUT2D eigenvalue weighted by molar-refractivity contribution is 6.30. The van der Waals surface area contributed by atoms with Crippen molar-refractivity contribution in [1.29, 1.82) is 0 Å². The first-order chi connectivity index (χ1) is 9.00. The summed E-state index contributed by atoms with van der Waals surface area (Å²) in [6.45, 7) is 4.72. The maximum absolute atomic E-state index is 13.3. The third-order valence-corrected chi connectivity index (χ3v) is 3.97. The molecule has 19 heavy (non-hydrogen) atoms. The first kappa shape index (κ1) is 14.3. The van der Waals surface area contributed by atoms with Crippen LogP contribution in [-0.2, 0) is 0 Å². The van der Waals surface area contributed by atoms with Gasteiger partial charge in [0.1, 0.15) is 5.82 Å². The first-order valence-corrected chi connectivity index (χ1v) is 6.82. The fraction of sp³-hybridized carbons (Fsp3) is 0.500. The van der Waals surface area contributed by atoms with Crippen molar-refractivity contribution < 1.29 is 9.18 Å². The molecule has 1 aliphatic rings. The summed E-state index contributed by atoms with van der Waals surface area (Å²) in [7, 11) is 0. The molecule has 0 aromatic heterocycles. The lowest BCUT2D eigenvalue weighted by molar-refractivity contribution is 0.0922. The standard InChI is InChI=1S/C14H18ClFN2O/c1-14(4-6-17-7-5-14)9-18-13(19)10-2-3-11(15)12(16)8-10/h2-3,8,17H,4-7,9H2,1H3,(H,18,19). The molecule has 0 saturated carbocycles. The molecule has 1 fully saturated rings. The van der Waals surface area contributed by atoms with Gasteiger partial charge in [-0.15, -0.1) is 0 Å². The van der Waals surface area contributed by atoms with Crippen LogP contribution in [0.5, 0.6) is 0 Å². The van der Waals surface area contributed by atoms with Crippen molar-refractivity contribution in [3.8, 4) is 0 Å². The Labute approximate surface area is 117 Å². The van der Waals surface area contributed by atoms with Crippen LogP contribution < -0.4 is 10.6 Å². The van der Waals surface area contributed by atoms with Crippen molar-refractivity contribution >= 4 is 17.5 Å². The van der Waals surface area contributed by atoms with Gasteiger partial charge in [0.05, 0.1) is 5.02 Å². The molecule has 0 spiro atoms. The van der Waals surface area contributed by atoms with Crippen LogP contribution in [0.15, 0.2) is 18.2 Å². The fourth-order valence-electron chi connectivity index (χ4n) is 2.24. The van der Waals surface area contributed by atoms with Crippen molar-refractivity contribution in [2.24, 2.45) is 5.41 Å². The van der Waals surface area contributed by atoms with Crippen LogP contribution in [0.4, 0.5) is 4.39 Å². The molecule has 0 aliphatic carbocycles. The summed E-state index contributed by atoms with van der Waals surface area (Å²) in [5.74, 6) is -0.822. The smallest absolute Gasteiger partial charge is 0.251 e. The van der Waals surface area contributed by atoms with E-state index in [2.05, 4.69) is 17.6 Å². The Morgan fingerprint density at radius 1 is 1.47 bits per heavy atom. The fourth-order valence-corrected chi connectivity index (χ4v) is 2.36. The lowest BCUT2D eigenvalue weighted by Gasteiger charge is -2.34. The topological polar surface area (TPSA) is 41.1 Å². The average molecular weight is 285 g/mol. The van der Waals surface area contributed by atoms with Crippen LogP contribution >= 0.6 is 11.6 Å². The highest BCUT2D eigenvalue weighted by Gasteiger charge is 2.27. The zero-order valence-electron chi connectivity index (χ0n) is 10.9. The number of nitrogens with one attached hydrogen (secondary N) is 2. The molecule has 0 unspecified atom stereocenters. The molecule has 1 amide bonds. The number of halogens is 2. The van der Waals surface area contributed by atoms with Gasteiger partial charge in [0.25, 0.3) is 5.91 Å². The lowest BCUT2D eigenvalue weighted by Crippen LogP contribution is -2.42. The maximum Gasteiger partial charge on any atom is 0.251 e. The maximum atomic E-state index is 13.3. The summed E-state index contributed by atoms with van der Waals surface area (Å²) in [6.07, 6.45) is 2.06. The number of carbonyl (C=O) groups is 1. The number of amides is 1. The molecule has 0 atom stereocenters. The van der Waals surface area contributed by atoms with Crippen LogP contribution in [0, 0.1) is 11.2 Å². The van der Waals surface area contributed by atoms with E-state index in [1.807, 2.05) is 0 Å². The van der Waals surface area contributed by atoms with Crippen LogP contribution in [0.25, 0.3) is 0 Å². The highest BCUT2D eigenvalue weighted by Crippen LogP contribution is 2.26. The van der Waals surface area contributed by atoms with Gasteiger partial charge in [0.15, 0.2) is 0 Å². The summed E-state index contributed by atoms with van der Waals surface area (Å²) >= 11 is 5.59. The third kappa shape index (κ3) is 3.67. The largest absolute Gasteiger partial charge is 0.351 e. The van der Waals surface area contributed by atoms with Crippen LogP contribution in [0.2, 0.25) is 5.02 Å². The summed E-state index contributed by atoms with van der Waals surface area (Å²) in [4.78, 5) is 12.0. The summed E-state index contributed by atoms with van der Waals surface area (Å²) in [5, 5.41) is 6.20. The molecule has 1 aromatic rings. The van der Waals surface area contributed by atoms with Gasteiger partial charge in [-0.1, -0.05) is 18.5 Å². The molecular weight excluding hydrogens is 267 g/mol. The number of rotatable bonds is 3. The molecule has 1 saturated heterocycles. The van der Waals surface area contributed by atoms with Crippen LogP contribution in [-0.4, -0.2) is 25.5 Å². The minimum Gasteiger partial charge on any atom is -0.351 e. The quantitative estimate of drug-likeness (QED) is 0.896. The van der Waals surface area contributed by atoms with E-state index in [1.165, 1.54) is 18.2 Å². The summed E-state index contributed by atoms with van der Waals surface area (Å²) in [5.41, 5.74) is 0.422. The second kappa shape index (κ2) is 5.88. The first-order valence-electron chi connectivity index (χ1n) is 6.44. The summed E-state index contributed by atoms with van der Waals surface area (Å²) in [6, 6.07) is 4.10. The molecule has 2 N–H and O–H groups in total. The van der Waals surface area contributed by atoms with E-state index in [4.69, 9.17) is 11.6 Å². The molecule has 2 rings (SSSR count). The zero-order valence-corrected chi connectivity index (χ0v) is 11.7. The van der Waals surface area contributed by atoms with E-state index < -0.39 is 5.82 Å². The van der Waals surface area contributed by atoms with E-state index >= 15 is 0 Å². The second-order valence-corrected chi connectivity index (χ2v) is 5.78. The van der Waals surface area contributed by atoms with Crippen LogP contribution in [0.3, 0.4) is 0 Å². The molecule has 3 nitrogen and oxygen atoms in total. The average Bonchev–Trinajstić information content (AvgIpc) is 2.40. The molecule has 1 heterocycles. The number of carbonyl (C=O) groups excluding carboxylic acids is 1. The molecule has 5 heteroatoms. The van der Waals surface area contributed by atoms with E-state index in [-0.39, 0.29) is 16.3 Å². The predicted octanol–water partition coefficient (Wildman–Crippen LogP) is 2.60. The predicted molar refractivity (Wildman–Crippen MR) is 74.0 cm³/mol. The van der Waals surface area contributed by atoms with Gasteiger partial charge in [-0.05, 0) is 49.5 Å².